The fraction of sp³-hybridized carbons (Fsp3) is 0.545. The second kappa shape index (κ2) is 4.59. The predicted molar refractivity (Wildman–Crippen MR) is 57.9 cm³/mol. The Balaban J connectivity index is 1.82. The molecule has 3 heteroatoms. The minimum absolute atomic E-state index is 0.611. The Kier molecular flexibility index (Phi) is 3.18. The van der Waals surface area contributed by atoms with Crippen molar-refractivity contribution in [2.75, 3.05) is 13.1 Å². The molecule has 2 nitrogen and oxygen atoms in total. The maximum Gasteiger partial charge on any atom is 0.0625 e. The summed E-state index contributed by atoms with van der Waals surface area (Å²) in [7, 11) is 0. The summed E-state index contributed by atoms with van der Waals surface area (Å²) in [6.45, 7) is 3.33. The van der Waals surface area contributed by atoms with E-state index in [0.29, 0.717) is 5.92 Å². The van der Waals surface area contributed by atoms with Crippen molar-refractivity contribution in [2.45, 2.75) is 19.4 Å². The molecule has 0 radical (unpaired) electrons. The highest BCUT2D eigenvalue weighted by atomic mass is 32.1. The van der Waals surface area contributed by atoms with Crippen LogP contribution in [0.3, 0.4) is 0 Å². The predicted octanol–water partition coefficient (Wildman–Crippen LogP) is 2.48. The summed E-state index contributed by atoms with van der Waals surface area (Å²) in [5, 5.41) is 10.7. The van der Waals surface area contributed by atoms with E-state index in [4.69, 9.17) is 5.26 Å². The van der Waals surface area contributed by atoms with Crippen molar-refractivity contribution in [3.05, 3.63) is 22.4 Å². The van der Waals surface area contributed by atoms with Gasteiger partial charge in [0.05, 0.1) is 6.07 Å². The lowest BCUT2D eigenvalue weighted by Crippen LogP contribution is -2.19. The van der Waals surface area contributed by atoms with Gasteiger partial charge in [0.15, 0.2) is 0 Å². The Morgan fingerprint density at radius 2 is 2.57 bits per heavy atom. The van der Waals surface area contributed by atoms with Crippen LogP contribution in [0.15, 0.2) is 17.5 Å². The molecule has 0 saturated carbocycles. The topological polar surface area (TPSA) is 27.0 Å². The summed E-state index contributed by atoms with van der Waals surface area (Å²) in [6, 6.07) is 6.55. The van der Waals surface area contributed by atoms with E-state index in [1.54, 1.807) is 0 Å². The van der Waals surface area contributed by atoms with Gasteiger partial charge in [0.2, 0.25) is 0 Å². The van der Waals surface area contributed by atoms with Gasteiger partial charge in [-0.15, -0.1) is 11.3 Å². The molecule has 1 aromatic rings. The molecule has 0 aromatic carbocycles. The fourth-order valence-electron chi connectivity index (χ4n) is 1.98. The number of nitrogens with zero attached hydrogens (tertiary/aromatic N) is 2. The highest BCUT2D eigenvalue weighted by Gasteiger charge is 2.21. The van der Waals surface area contributed by atoms with Gasteiger partial charge in [0.1, 0.15) is 0 Å². The lowest BCUT2D eigenvalue weighted by Gasteiger charge is -2.13. The van der Waals surface area contributed by atoms with E-state index in [0.717, 1.165) is 26.1 Å². The third-order valence-electron chi connectivity index (χ3n) is 2.71. The Bertz CT molecular complexity index is 313. The monoisotopic (exact) mass is 206 g/mol. The quantitative estimate of drug-likeness (QED) is 0.759. The highest BCUT2D eigenvalue weighted by Crippen LogP contribution is 2.22. The Morgan fingerprint density at radius 3 is 3.29 bits per heavy atom. The summed E-state index contributed by atoms with van der Waals surface area (Å²) in [4.78, 5) is 3.89. The number of likely N-dealkylation sites (tertiary alicyclic amines) is 1. The summed E-state index contributed by atoms with van der Waals surface area (Å²) in [5.41, 5.74) is 0. The summed E-state index contributed by atoms with van der Waals surface area (Å²) in [6.07, 6.45) is 1.92. The third-order valence-corrected chi connectivity index (χ3v) is 3.57. The summed E-state index contributed by atoms with van der Waals surface area (Å²) >= 11 is 1.82. The normalized spacial score (nSPS) is 22.4. The minimum atomic E-state index is 0.611. The molecule has 1 aliphatic rings. The molecule has 1 atom stereocenters. The standard InChI is InChI=1S/C11H14N2S/c12-5-3-10-4-6-13(8-10)9-11-2-1-7-14-11/h1-2,7,10H,3-4,6,8-9H2. The highest BCUT2D eigenvalue weighted by molar-refractivity contribution is 7.09. The maximum atomic E-state index is 8.60. The van der Waals surface area contributed by atoms with Crippen molar-refractivity contribution in [3.63, 3.8) is 0 Å². The zero-order valence-corrected chi connectivity index (χ0v) is 8.96. The van der Waals surface area contributed by atoms with E-state index in [-0.39, 0.29) is 0 Å². The first kappa shape index (κ1) is 9.70. The number of hydrogen-bond donors (Lipinski definition) is 0. The number of hydrogen-bond acceptors (Lipinski definition) is 3. The van der Waals surface area contributed by atoms with E-state index in [9.17, 15) is 0 Å². The van der Waals surface area contributed by atoms with Crippen LogP contribution in [-0.2, 0) is 6.54 Å². The van der Waals surface area contributed by atoms with Gasteiger partial charge in [-0.2, -0.15) is 5.26 Å². The van der Waals surface area contributed by atoms with Crippen molar-refractivity contribution in [1.82, 2.24) is 4.90 Å². The third kappa shape index (κ3) is 2.34. The van der Waals surface area contributed by atoms with Crippen LogP contribution in [0.2, 0.25) is 0 Å². The number of thiophene rings is 1. The van der Waals surface area contributed by atoms with Crippen LogP contribution in [0.1, 0.15) is 17.7 Å². The zero-order valence-electron chi connectivity index (χ0n) is 8.15. The van der Waals surface area contributed by atoms with Crippen molar-refractivity contribution < 1.29 is 0 Å². The second-order valence-corrected chi connectivity index (χ2v) is 4.86. The van der Waals surface area contributed by atoms with Gasteiger partial charge >= 0.3 is 0 Å². The average Bonchev–Trinajstić information content (AvgIpc) is 2.79. The molecule has 1 unspecified atom stereocenters. The van der Waals surface area contributed by atoms with Crippen LogP contribution in [0.4, 0.5) is 0 Å². The van der Waals surface area contributed by atoms with E-state index in [1.807, 2.05) is 11.3 Å². The van der Waals surface area contributed by atoms with Crippen molar-refractivity contribution >= 4 is 11.3 Å². The molecule has 2 heterocycles. The van der Waals surface area contributed by atoms with Crippen LogP contribution in [0.25, 0.3) is 0 Å². The van der Waals surface area contributed by atoms with Gasteiger partial charge in [0.25, 0.3) is 0 Å². The van der Waals surface area contributed by atoms with Crippen molar-refractivity contribution in [2.24, 2.45) is 5.92 Å². The molecule has 2 rings (SSSR count). The molecule has 0 N–H and O–H groups in total. The molecular weight excluding hydrogens is 192 g/mol. The van der Waals surface area contributed by atoms with E-state index in [2.05, 4.69) is 28.5 Å². The Morgan fingerprint density at radius 1 is 1.64 bits per heavy atom. The molecule has 1 aliphatic heterocycles. The van der Waals surface area contributed by atoms with Crippen LogP contribution in [0.5, 0.6) is 0 Å². The number of nitriles is 1. The van der Waals surface area contributed by atoms with Gasteiger partial charge in [-0.3, -0.25) is 4.90 Å². The maximum absolute atomic E-state index is 8.60. The Labute approximate surface area is 88.8 Å². The zero-order chi connectivity index (χ0) is 9.80. The lowest BCUT2D eigenvalue weighted by atomic mass is 10.1. The SMILES string of the molecule is N#CCC1CCN(Cc2cccs2)C1. The summed E-state index contributed by atoms with van der Waals surface area (Å²) in [5.74, 6) is 0.611. The Hall–Kier alpha value is -0.850. The van der Waals surface area contributed by atoms with Crippen molar-refractivity contribution in [3.8, 4) is 6.07 Å². The van der Waals surface area contributed by atoms with Gasteiger partial charge in [-0.25, -0.2) is 0 Å². The summed E-state index contributed by atoms with van der Waals surface area (Å²) < 4.78 is 0. The average molecular weight is 206 g/mol. The van der Waals surface area contributed by atoms with Gasteiger partial charge in [-0.1, -0.05) is 6.07 Å². The van der Waals surface area contributed by atoms with E-state index >= 15 is 0 Å². The van der Waals surface area contributed by atoms with E-state index in [1.165, 1.54) is 11.3 Å². The van der Waals surface area contributed by atoms with Crippen LogP contribution >= 0.6 is 11.3 Å². The molecule has 0 amide bonds. The number of rotatable bonds is 3. The molecule has 74 valence electrons. The molecule has 1 aromatic heterocycles. The molecule has 0 aliphatic carbocycles. The first-order chi connectivity index (χ1) is 6.88. The first-order valence-electron chi connectivity index (χ1n) is 5.00. The smallest absolute Gasteiger partial charge is 0.0625 e. The molecule has 0 spiro atoms. The second-order valence-electron chi connectivity index (χ2n) is 3.83. The lowest BCUT2D eigenvalue weighted by molar-refractivity contribution is 0.320. The van der Waals surface area contributed by atoms with Crippen molar-refractivity contribution in [1.29, 1.82) is 5.26 Å². The largest absolute Gasteiger partial charge is 0.298 e. The first-order valence-corrected chi connectivity index (χ1v) is 5.88. The molecule has 0 bridgehead atoms. The van der Waals surface area contributed by atoms with Gasteiger partial charge < -0.3 is 0 Å². The minimum Gasteiger partial charge on any atom is -0.298 e. The van der Waals surface area contributed by atoms with Crippen LogP contribution < -0.4 is 0 Å². The van der Waals surface area contributed by atoms with E-state index < -0.39 is 0 Å². The van der Waals surface area contributed by atoms with Crippen LogP contribution in [0, 0.1) is 17.2 Å². The van der Waals surface area contributed by atoms with Crippen LogP contribution in [-0.4, -0.2) is 18.0 Å². The molecular formula is C11H14N2S. The van der Waals surface area contributed by atoms with Gasteiger partial charge in [-0.05, 0) is 30.3 Å². The molecule has 1 saturated heterocycles. The molecule has 14 heavy (non-hydrogen) atoms. The fourth-order valence-corrected chi connectivity index (χ4v) is 2.72. The van der Waals surface area contributed by atoms with Gasteiger partial charge in [0, 0.05) is 24.4 Å². The molecule has 1 fully saturated rings.